The Morgan fingerprint density at radius 2 is 2.06 bits per heavy atom. The summed E-state index contributed by atoms with van der Waals surface area (Å²) in [5, 5.41) is 22.6. The molecule has 10 heteroatoms. The van der Waals surface area contributed by atoms with Crippen molar-refractivity contribution in [3.05, 3.63) is 48.7 Å². The standard InChI is InChI=1S/C21H19N9O/c1-21(10-23-11-21)12-31-16-8-26-14-3-2-4-24-20(14)19(16)15-5-17(30-29-15)28-18-9-25-13(6-22)7-27-18/h2-5,7-9,23H,10-12H2,1H3,(H2,27,28,29,30). The molecule has 0 aliphatic carbocycles. The predicted molar refractivity (Wildman–Crippen MR) is 114 cm³/mol. The van der Waals surface area contributed by atoms with Crippen molar-refractivity contribution < 1.29 is 4.74 Å². The molecule has 154 valence electrons. The van der Waals surface area contributed by atoms with Crippen LogP contribution < -0.4 is 15.4 Å². The average molecular weight is 413 g/mol. The van der Waals surface area contributed by atoms with Gasteiger partial charge in [-0.25, -0.2) is 9.97 Å². The van der Waals surface area contributed by atoms with Crippen LogP contribution in [0.1, 0.15) is 12.6 Å². The Kier molecular flexibility index (Phi) is 4.65. The molecule has 0 aromatic carbocycles. The van der Waals surface area contributed by atoms with Gasteiger partial charge in [0.05, 0.1) is 42.0 Å². The SMILES string of the molecule is CC1(COc2cnc3cccnc3c2-c2cc(Nc3cnc(C#N)cn3)n[nH]2)CNC1. The van der Waals surface area contributed by atoms with Crippen molar-refractivity contribution in [3.8, 4) is 23.1 Å². The van der Waals surface area contributed by atoms with Crippen LogP contribution in [0.2, 0.25) is 0 Å². The quantitative estimate of drug-likeness (QED) is 0.435. The van der Waals surface area contributed by atoms with E-state index in [0.29, 0.717) is 24.0 Å². The van der Waals surface area contributed by atoms with Crippen LogP contribution in [0.3, 0.4) is 0 Å². The number of hydrogen-bond donors (Lipinski definition) is 3. The van der Waals surface area contributed by atoms with Crippen molar-refractivity contribution in [2.45, 2.75) is 6.92 Å². The van der Waals surface area contributed by atoms with E-state index in [0.717, 1.165) is 35.4 Å². The molecule has 0 spiro atoms. The fourth-order valence-electron chi connectivity index (χ4n) is 3.37. The molecule has 0 amide bonds. The van der Waals surface area contributed by atoms with Crippen molar-refractivity contribution in [2.75, 3.05) is 25.0 Å². The summed E-state index contributed by atoms with van der Waals surface area (Å²) in [4.78, 5) is 17.2. The van der Waals surface area contributed by atoms with Gasteiger partial charge in [-0.05, 0) is 12.1 Å². The number of nitriles is 1. The fourth-order valence-corrected chi connectivity index (χ4v) is 3.37. The molecule has 1 aliphatic heterocycles. The molecule has 1 fully saturated rings. The lowest BCUT2D eigenvalue weighted by molar-refractivity contribution is 0.102. The number of aromatic amines is 1. The largest absolute Gasteiger partial charge is 0.491 e. The molecule has 0 atom stereocenters. The van der Waals surface area contributed by atoms with Gasteiger partial charge in [0.1, 0.15) is 23.2 Å². The molecule has 10 nitrogen and oxygen atoms in total. The minimum absolute atomic E-state index is 0.102. The van der Waals surface area contributed by atoms with Crippen LogP contribution in [0, 0.1) is 16.7 Å². The highest BCUT2D eigenvalue weighted by molar-refractivity contribution is 5.93. The summed E-state index contributed by atoms with van der Waals surface area (Å²) < 4.78 is 6.20. The summed E-state index contributed by atoms with van der Waals surface area (Å²) in [6.07, 6.45) is 6.35. The van der Waals surface area contributed by atoms with Crippen LogP contribution in [0.25, 0.3) is 22.3 Å². The van der Waals surface area contributed by atoms with E-state index in [1.807, 2.05) is 24.3 Å². The van der Waals surface area contributed by atoms with Gasteiger partial charge in [0.15, 0.2) is 11.5 Å². The van der Waals surface area contributed by atoms with Gasteiger partial charge < -0.3 is 15.4 Å². The number of nitrogens with zero attached hydrogens (tertiary/aromatic N) is 6. The van der Waals surface area contributed by atoms with Crippen molar-refractivity contribution in [1.29, 1.82) is 5.26 Å². The van der Waals surface area contributed by atoms with E-state index in [-0.39, 0.29) is 11.1 Å². The predicted octanol–water partition coefficient (Wildman–Crippen LogP) is 2.41. The minimum Gasteiger partial charge on any atom is -0.491 e. The Bertz CT molecular complexity index is 1270. The monoisotopic (exact) mass is 413 g/mol. The van der Waals surface area contributed by atoms with Gasteiger partial charge in [0.25, 0.3) is 0 Å². The third kappa shape index (κ3) is 3.74. The second-order valence-electron chi connectivity index (χ2n) is 7.76. The number of fused-ring (bicyclic) bond motifs is 1. The maximum atomic E-state index is 8.86. The van der Waals surface area contributed by atoms with Crippen molar-refractivity contribution in [3.63, 3.8) is 0 Å². The Morgan fingerprint density at radius 1 is 1.16 bits per heavy atom. The van der Waals surface area contributed by atoms with E-state index in [2.05, 4.69) is 47.7 Å². The third-order valence-electron chi connectivity index (χ3n) is 5.14. The molecule has 0 unspecified atom stereocenters. The normalized spacial score (nSPS) is 14.6. The van der Waals surface area contributed by atoms with Gasteiger partial charge >= 0.3 is 0 Å². The summed E-state index contributed by atoms with van der Waals surface area (Å²) in [7, 11) is 0. The molecule has 5 heterocycles. The highest BCUT2D eigenvalue weighted by Gasteiger charge is 2.33. The van der Waals surface area contributed by atoms with Crippen LogP contribution in [-0.2, 0) is 0 Å². The first kappa shape index (κ1) is 18.9. The summed E-state index contributed by atoms with van der Waals surface area (Å²) in [5.41, 5.74) is 3.38. The molecule has 31 heavy (non-hydrogen) atoms. The lowest BCUT2D eigenvalue weighted by Crippen LogP contribution is -2.54. The Hall–Kier alpha value is -4.10. The van der Waals surface area contributed by atoms with E-state index < -0.39 is 0 Å². The van der Waals surface area contributed by atoms with Crippen LogP contribution in [0.4, 0.5) is 11.6 Å². The third-order valence-corrected chi connectivity index (χ3v) is 5.14. The number of H-pyrrole nitrogens is 1. The molecule has 5 rings (SSSR count). The second kappa shape index (κ2) is 7.62. The van der Waals surface area contributed by atoms with Crippen LogP contribution in [0.15, 0.2) is 43.0 Å². The maximum Gasteiger partial charge on any atom is 0.158 e. The molecule has 1 saturated heterocycles. The Morgan fingerprint density at radius 3 is 2.81 bits per heavy atom. The van der Waals surface area contributed by atoms with Gasteiger partial charge in [-0.2, -0.15) is 10.4 Å². The second-order valence-corrected chi connectivity index (χ2v) is 7.76. The molecule has 0 radical (unpaired) electrons. The van der Waals surface area contributed by atoms with E-state index in [1.54, 1.807) is 12.4 Å². The first-order valence-corrected chi connectivity index (χ1v) is 9.76. The number of rotatable bonds is 6. The van der Waals surface area contributed by atoms with Crippen molar-refractivity contribution in [2.24, 2.45) is 5.41 Å². The van der Waals surface area contributed by atoms with Crippen molar-refractivity contribution in [1.82, 2.24) is 35.5 Å². The summed E-state index contributed by atoms with van der Waals surface area (Å²) in [6, 6.07) is 7.56. The van der Waals surface area contributed by atoms with E-state index in [4.69, 9.17) is 10.00 Å². The van der Waals surface area contributed by atoms with E-state index >= 15 is 0 Å². The maximum absolute atomic E-state index is 8.86. The summed E-state index contributed by atoms with van der Waals surface area (Å²) >= 11 is 0. The topological polar surface area (TPSA) is 137 Å². The molecule has 0 bridgehead atoms. The zero-order valence-corrected chi connectivity index (χ0v) is 16.8. The van der Waals surface area contributed by atoms with Crippen LogP contribution in [0.5, 0.6) is 5.75 Å². The van der Waals surface area contributed by atoms with Gasteiger partial charge in [-0.15, -0.1) is 0 Å². The van der Waals surface area contributed by atoms with Gasteiger partial charge in [-0.3, -0.25) is 15.1 Å². The number of aromatic nitrogens is 6. The number of ether oxygens (including phenoxy) is 1. The smallest absolute Gasteiger partial charge is 0.158 e. The van der Waals surface area contributed by atoms with Crippen LogP contribution in [-0.4, -0.2) is 49.8 Å². The van der Waals surface area contributed by atoms with Crippen LogP contribution >= 0.6 is 0 Å². The minimum atomic E-state index is 0.102. The molecule has 3 N–H and O–H groups in total. The molecular weight excluding hydrogens is 394 g/mol. The molecule has 4 aromatic rings. The zero-order chi connectivity index (χ0) is 21.3. The van der Waals surface area contributed by atoms with E-state index in [9.17, 15) is 0 Å². The molecule has 1 aliphatic rings. The first-order chi connectivity index (χ1) is 15.1. The van der Waals surface area contributed by atoms with Gasteiger partial charge in [0.2, 0.25) is 0 Å². The van der Waals surface area contributed by atoms with Gasteiger partial charge in [0, 0.05) is 30.8 Å². The molecule has 4 aromatic heterocycles. The number of nitrogens with one attached hydrogen (secondary N) is 3. The highest BCUT2D eigenvalue weighted by atomic mass is 16.5. The zero-order valence-electron chi connectivity index (χ0n) is 16.8. The molecule has 0 saturated carbocycles. The number of pyridine rings is 2. The lowest BCUT2D eigenvalue weighted by atomic mass is 9.85. The lowest BCUT2D eigenvalue weighted by Gasteiger charge is -2.38. The van der Waals surface area contributed by atoms with E-state index in [1.165, 1.54) is 12.4 Å². The number of hydrogen-bond acceptors (Lipinski definition) is 9. The number of anilines is 2. The fraction of sp³-hybridized carbons (Fsp3) is 0.238. The first-order valence-electron chi connectivity index (χ1n) is 9.76. The van der Waals surface area contributed by atoms with Crippen molar-refractivity contribution >= 4 is 22.7 Å². The Labute approximate surface area is 177 Å². The van der Waals surface area contributed by atoms with Gasteiger partial charge in [-0.1, -0.05) is 6.92 Å². The summed E-state index contributed by atoms with van der Waals surface area (Å²) in [6.45, 7) is 4.61. The molecular formula is C21H19N9O. The Balaban J connectivity index is 1.48. The average Bonchev–Trinajstić information content (AvgIpc) is 3.24. The highest BCUT2D eigenvalue weighted by Crippen LogP contribution is 2.36. The summed E-state index contributed by atoms with van der Waals surface area (Å²) in [5.74, 6) is 1.68.